The minimum absolute atomic E-state index is 0.387. The number of nitrogen functional groups attached to an aromatic ring is 1. The van der Waals surface area contributed by atoms with Gasteiger partial charge in [-0.05, 0) is 55.3 Å². The van der Waals surface area contributed by atoms with Crippen molar-refractivity contribution in [3.8, 4) is 0 Å². The fourth-order valence-electron chi connectivity index (χ4n) is 2.15. The summed E-state index contributed by atoms with van der Waals surface area (Å²) < 4.78 is 5.76. The summed E-state index contributed by atoms with van der Waals surface area (Å²) in [5, 5.41) is 3.30. The number of hydrogen-bond donors (Lipinski definition) is 2. The molecule has 0 unspecified atom stereocenters. The summed E-state index contributed by atoms with van der Waals surface area (Å²) >= 11 is 3.47. The number of esters is 1. The zero-order valence-electron chi connectivity index (χ0n) is 12.2. The largest absolute Gasteiger partial charge is 0.465 e. The first-order chi connectivity index (χ1) is 9.92. The van der Waals surface area contributed by atoms with Crippen LogP contribution in [0, 0.1) is 13.8 Å². The Labute approximate surface area is 132 Å². The summed E-state index contributed by atoms with van der Waals surface area (Å²) in [7, 11) is 1.36. The molecular formula is C16H17BrN2O2. The SMILES string of the molecule is COC(=O)c1ccc(N)c(Nc2c(C)cc(Br)cc2C)c1. The van der Waals surface area contributed by atoms with Crippen LogP contribution in [0.25, 0.3) is 0 Å². The van der Waals surface area contributed by atoms with E-state index in [0.29, 0.717) is 16.9 Å². The fourth-order valence-corrected chi connectivity index (χ4v) is 2.84. The van der Waals surface area contributed by atoms with Gasteiger partial charge in [0.2, 0.25) is 0 Å². The Kier molecular flexibility index (Phi) is 4.53. The molecule has 0 spiro atoms. The maximum absolute atomic E-state index is 11.6. The molecule has 3 N–H and O–H groups in total. The van der Waals surface area contributed by atoms with Crippen LogP contribution in [0.3, 0.4) is 0 Å². The molecule has 0 saturated heterocycles. The molecule has 0 atom stereocenters. The van der Waals surface area contributed by atoms with Crippen LogP contribution in [-0.4, -0.2) is 13.1 Å². The van der Waals surface area contributed by atoms with Gasteiger partial charge in [-0.2, -0.15) is 0 Å². The second kappa shape index (κ2) is 6.18. The molecule has 0 saturated carbocycles. The first-order valence-electron chi connectivity index (χ1n) is 6.44. The van der Waals surface area contributed by atoms with Crippen molar-refractivity contribution in [3.63, 3.8) is 0 Å². The van der Waals surface area contributed by atoms with E-state index in [1.54, 1.807) is 18.2 Å². The molecule has 0 aliphatic heterocycles. The van der Waals surface area contributed by atoms with Crippen LogP contribution in [0.15, 0.2) is 34.8 Å². The van der Waals surface area contributed by atoms with Crippen LogP contribution in [0.5, 0.6) is 0 Å². The third-order valence-corrected chi connectivity index (χ3v) is 3.69. The Hall–Kier alpha value is -2.01. The van der Waals surface area contributed by atoms with Crippen molar-refractivity contribution >= 4 is 39.0 Å². The number of benzene rings is 2. The van der Waals surface area contributed by atoms with Crippen LogP contribution in [0.1, 0.15) is 21.5 Å². The number of aryl methyl sites for hydroxylation is 2. The van der Waals surface area contributed by atoms with Gasteiger partial charge < -0.3 is 15.8 Å². The van der Waals surface area contributed by atoms with E-state index in [9.17, 15) is 4.79 Å². The number of methoxy groups -OCH3 is 1. The van der Waals surface area contributed by atoms with Gasteiger partial charge in [-0.3, -0.25) is 0 Å². The van der Waals surface area contributed by atoms with E-state index in [0.717, 1.165) is 21.3 Å². The van der Waals surface area contributed by atoms with Gasteiger partial charge >= 0.3 is 5.97 Å². The number of carbonyl (C=O) groups is 1. The Balaban J connectivity index is 2.42. The van der Waals surface area contributed by atoms with E-state index in [-0.39, 0.29) is 5.97 Å². The molecule has 2 aromatic rings. The van der Waals surface area contributed by atoms with Gasteiger partial charge in [-0.25, -0.2) is 4.79 Å². The molecule has 0 bridgehead atoms. The minimum Gasteiger partial charge on any atom is -0.465 e. The van der Waals surface area contributed by atoms with Gasteiger partial charge in [0.25, 0.3) is 0 Å². The van der Waals surface area contributed by atoms with Crippen molar-refractivity contribution in [1.82, 2.24) is 0 Å². The third-order valence-electron chi connectivity index (χ3n) is 3.23. The van der Waals surface area contributed by atoms with Crippen LogP contribution < -0.4 is 11.1 Å². The van der Waals surface area contributed by atoms with Gasteiger partial charge in [0.1, 0.15) is 0 Å². The number of nitrogens with one attached hydrogen (secondary N) is 1. The number of anilines is 3. The van der Waals surface area contributed by atoms with Crippen molar-refractivity contribution in [2.24, 2.45) is 0 Å². The quantitative estimate of drug-likeness (QED) is 0.645. The molecule has 21 heavy (non-hydrogen) atoms. The molecule has 0 fully saturated rings. The summed E-state index contributed by atoms with van der Waals surface area (Å²) in [5.41, 5.74) is 10.9. The maximum atomic E-state index is 11.6. The molecule has 0 heterocycles. The number of ether oxygens (including phenoxy) is 1. The van der Waals surface area contributed by atoms with Crippen LogP contribution in [0.4, 0.5) is 17.1 Å². The highest BCUT2D eigenvalue weighted by Crippen LogP contribution is 2.31. The van der Waals surface area contributed by atoms with Crippen molar-refractivity contribution in [1.29, 1.82) is 0 Å². The van der Waals surface area contributed by atoms with E-state index in [1.807, 2.05) is 26.0 Å². The van der Waals surface area contributed by atoms with E-state index in [4.69, 9.17) is 10.5 Å². The molecule has 5 heteroatoms. The number of halogens is 1. The Morgan fingerprint density at radius 1 is 1.19 bits per heavy atom. The van der Waals surface area contributed by atoms with E-state index in [2.05, 4.69) is 21.2 Å². The third kappa shape index (κ3) is 3.36. The predicted octanol–water partition coefficient (Wildman–Crippen LogP) is 4.18. The molecule has 0 aliphatic carbocycles. The molecule has 2 aromatic carbocycles. The average molecular weight is 349 g/mol. The lowest BCUT2D eigenvalue weighted by Crippen LogP contribution is -2.05. The van der Waals surface area contributed by atoms with E-state index < -0.39 is 0 Å². The number of nitrogens with two attached hydrogens (primary N) is 1. The topological polar surface area (TPSA) is 64.3 Å². The number of carbonyl (C=O) groups excluding carboxylic acids is 1. The van der Waals surface area contributed by atoms with Gasteiger partial charge in [-0.15, -0.1) is 0 Å². The Morgan fingerprint density at radius 3 is 2.38 bits per heavy atom. The predicted molar refractivity (Wildman–Crippen MR) is 89.1 cm³/mol. The Bertz CT molecular complexity index is 676. The van der Waals surface area contributed by atoms with Crippen LogP contribution >= 0.6 is 15.9 Å². The molecule has 4 nitrogen and oxygen atoms in total. The summed E-state index contributed by atoms with van der Waals surface area (Å²) in [6, 6.07) is 9.08. The first kappa shape index (κ1) is 15.4. The van der Waals surface area contributed by atoms with Gasteiger partial charge in [-0.1, -0.05) is 15.9 Å². The van der Waals surface area contributed by atoms with Crippen LogP contribution in [-0.2, 0) is 4.74 Å². The maximum Gasteiger partial charge on any atom is 0.337 e. The zero-order chi connectivity index (χ0) is 15.6. The number of hydrogen-bond acceptors (Lipinski definition) is 4. The molecule has 110 valence electrons. The highest BCUT2D eigenvalue weighted by molar-refractivity contribution is 9.10. The highest BCUT2D eigenvalue weighted by atomic mass is 79.9. The molecule has 0 aliphatic rings. The average Bonchev–Trinajstić information content (AvgIpc) is 2.43. The fraction of sp³-hybridized carbons (Fsp3) is 0.188. The van der Waals surface area contributed by atoms with E-state index in [1.165, 1.54) is 7.11 Å². The van der Waals surface area contributed by atoms with Gasteiger partial charge in [0.05, 0.1) is 24.0 Å². The molecular weight excluding hydrogens is 332 g/mol. The molecule has 0 amide bonds. The lowest BCUT2D eigenvalue weighted by Gasteiger charge is -2.15. The second-order valence-electron chi connectivity index (χ2n) is 4.83. The van der Waals surface area contributed by atoms with Gasteiger partial charge in [0, 0.05) is 10.2 Å². The monoisotopic (exact) mass is 348 g/mol. The lowest BCUT2D eigenvalue weighted by molar-refractivity contribution is 0.0601. The molecule has 2 rings (SSSR count). The highest BCUT2D eigenvalue weighted by Gasteiger charge is 2.11. The molecule has 0 aromatic heterocycles. The summed E-state index contributed by atoms with van der Waals surface area (Å²) in [6.45, 7) is 4.03. The normalized spacial score (nSPS) is 10.3. The zero-order valence-corrected chi connectivity index (χ0v) is 13.7. The summed E-state index contributed by atoms with van der Waals surface area (Å²) in [4.78, 5) is 11.6. The standard InChI is InChI=1S/C16H17BrN2O2/c1-9-6-12(17)7-10(2)15(9)19-14-8-11(16(20)21-3)4-5-13(14)18/h4-8,19H,18H2,1-3H3. The van der Waals surface area contributed by atoms with Crippen LogP contribution in [0.2, 0.25) is 0 Å². The van der Waals surface area contributed by atoms with Crippen molar-refractivity contribution in [2.75, 3.05) is 18.2 Å². The molecule has 0 radical (unpaired) electrons. The second-order valence-corrected chi connectivity index (χ2v) is 5.75. The van der Waals surface area contributed by atoms with E-state index >= 15 is 0 Å². The number of rotatable bonds is 3. The van der Waals surface area contributed by atoms with Crippen molar-refractivity contribution in [3.05, 3.63) is 51.5 Å². The van der Waals surface area contributed by atoms with Crippen molar-refractivity contribution < 1.29 is 9.53 Å². The van der Waals surface area contributed by atoms with Crippen molar-refractivity contribution in [2.45, 2.75) is 13.8 Å². The lowest BCUT2D eigenvalue weighted by atomic mass is 10.1. The summed E-state index contributed by atoms with van der Waals surface area (Å²) in [6.07, 6.45) is 0. The van der Waals surface area contributed by atoms with Gasteiger partial charge in [0.15, 0.2) is 0 Å². The summed E-state index contributed by atoms with van der Waals surface area (Å²) in [5.74, 6) is -0.387. The smallest absolute Gasteiger partial charge is 0.337 e. The minimum atomic E-state index is -0.387. The Morgan fingerprint density at radius 2 is 1.81 bits per heavy atom. The first-order valence-corrected chi connectivity index (χ1v) is 7.23.